The van der Waals surface area contributed by atoms with Gasteiger partial charge in [0.2, 0.25) is 0 Å². The van der Waals surface area contributed by atoms with E-state index in [2.05, 4.69) is 14.8 Å². The molecule has 2 aliphatic rings. The summed E-state index contributed by atoms with van der Waals surface area (Å²) in [6, 6.07) is 5.57. The summed E-state index contributed by atoms with van der Waals surface area (Å²) in [5.41, 5.74) is 2.42. The maximum Gasteiger partial charge on any atom is 0.192 e. The molecule has 0 N–H and O–H groups in total. The Hall–Kier alpha value is -2.33. The van der Waals surface area contributed by atoms with Gasteiger partial charge in [-0.1, -0.05) is 11.8 Å². The molecule has 8 nitrogen and oxygen atoms in total. The number of furan rings is 1. The van der Waals surface area contributed by atoms with E-state index in [1.807, 2.05) is 36.6 Å². The highest BCUT2D eigenvalue weighted by atomic mass is 32.2. The van der Waals surface area contributed by atoms with Gasteiger partial charge in [0, 0.05) is 28.9 Å². The first-order valence-corrected chi connectivity index (χ1v) is 13.6. The third-order valence-electron chi connectivity index (χ3n) is 6.27. The third kappa shape index (κ3) is 4.17. The third-order valence-corrected chi connectivity index (χ3v) is 8.99. The van der Waals surface area contributed by atoms with Gasteiger partial charge in [-0.15, -0.1) is 10.2 Å². The second-order valence-electron chi connectivity index (χ2n) is 8.70. The normalized spacial score (nSPS) is 20.1. The first kappa shape index (κ1) is 21.5. The zero-order chi connectivity index (χ0) is 22.5. The molecule has 3 aromatic heterocycles. The minimum atomic E-state index is -3.00. The second kappa shape index (κ2) is 8.22. The van der Waals surface area contributed by atoms with Crippen LogP contribution >= 0.6 is 11.8 Å². The van der Waals surface area contributed by atoms with Crippen LogP contribution < -0.4 is 0 Å². The molecule has 1 aliphatic heterocycles. The van der Waals surface area contributed by atoms with Crippen LogP contribution in [-0.4, -0.2) is 50.8 Å². The Labute approximate surface area is 191 Å². The summed E-state index contributed by atoms with van der Waals surface area (Å²) < 4.78 is 33.4. The standard InChI is InChI=1S/C22H26N4O4S2/c1-14-10-19(15(2)26(14)17-7-9-32(28,29)13-17)20(27)12-31-22-24-23-21(16-5-6-16)25(22)11-18-4-3-8-30-18/h3-4,8,10,16-17H,5-7,9,11-13H2,1-2H3. The maximum atomic E-state index is 13.1. The Kier molecular flexibility index (Phi) is 5.53. The van der Waals surface area contributed by atoms with Crippen molar-refractivity contribution in [2.45, 2.75) is 56.8 Å². The van der Waals surface area contributed by atoms with Crippen molar-refractivity contribution in [3.05, 3.63) is 53.0 Å². The van der Waals surface area contributed by atoms with Crippen LogP contribution in [0.5, 0.6) is 0 Å². The zero-order valence-corrected chi connectivity index (χ0v) is 19.8. The van der Waals surface area contributed by atoms with Crippen molar-refractivity contribution in [3.63, 3.8) is 0 Å². The number of thioether (sulfide) groups is 1. The zero-order valence-electron chi connectivity index (χ0n) is 18.2. The van der Waals surface area contributed by atoms with Crippen LogP contribution in [0.3, 0.4) is 0 Å². The smallest absolute Gasteiger partial charge is 0.192 e. The van der Waals surface area contributed by atoms with Gasteiger partial charge in [-0.2, -0.15) is 0 Å². The van der Waals surface area contributed by atoms with Crippen molar-refractivity contribution >= 4 is 27.4 Å². The number of aryl methyl sites for hydroxylation is 1. The number of rotatable bonds is 8. The molecule has 0 radical (unpaired) electrons. The van der Waals surface area contributed by atoms with Crippen LogP contribution in [-0.2, 0) is 16.4 Å². The van der Waals surface area contributed by atoms with E-state index >= 15 is 0 Å². The van der Waals surface area contributed by atoms with Gasteiger partial charge >= 0.3 is 0 Å². The molecule has 5 rings (SSSR count). The fourth-order valence-electron chi connectivity index (χ4n) is 4.57. The van der Waals surface area contributed by atoms with Gasteiger partial charge in [-0.3, -0.25) is 9.36 Å². The SMILES string of the molecule is Cc1cc(C(=O)CSc2nnc(C3CC3)n2Cc2ccco2)c(C)n1C1CCS(=O)(=O)C1. The van der Waals surface area contributed by atoms with E-state index in [0.29, 0.717) is 29.6 Å². The highest BCUT2D eigenvalue weighted by molar-refractivity contribution is 7.99. The van der Waals surface area contributed by atoms with Crippen molar-refractivity contribution in [1.82, 2.24) is 19.3 Å². The lowest BCUT2D eigenvalue weighted by Crippen LogP contribution is -2.14. The van der Waals surface area contributed by atoms with Gasteiger partial charge in [0.25, 0.3) is 0 Å². The Morgan fingerprint density at radius 1 is 1.25 bits per heavy atom. The lowest BCUT2D eigenvalue weighted by atomic mass is 10.2. The maximum absolute atomic E-state index is 13.1. The first-order valence-electron chi connectivity index (χ1n) is 10.8. The Balaban J connectivity index is 1.33. The van der Waals surface area contributed by atoms with E-state index in [0.717, 1.165) is 35.8 Å². The molecule has 3 aromatic rings. The molecular formula is C22H26N4O4S2. The van der Waals surface area contributed by atoms with Crippen LogP contribution in [0.25, 0.3) is 0 Å². The monoisotopic (exact) mass is 474 g/mol. The summed E-state index contributed by atoms with van der Waals surface area (Å²) in [7, 11) is -3.00. The molecule has 0 spiro atoms. The van der Waals surface area contributed by atoms with Gasteiger partial charge < -0.3 is 8.98 Å². The molecule has 0 aromatic carbocycles. The summed E-state index contributed by atoms with van der Waals surface area (Å²) in [6.45, 7) is 4.39. The average molecular weight is 475 g/mol. The molecule has 1 unspecified atom stereocenters. The lowest BCUT2D eigenvalue weighted by molar-refractivity contribution is 0.102. The number of carbonyl (C=O) groups is 1. The summed E-state index contributed by atoms with van der Waals surface area (Å²) in [5.74, 6) is 2.83. The van der Waals surface area contributed by atoms with E-state index < -0.39 is 9.84 Å². The van der Waals surface area contributed by atoms with Crippen LogP contribution in [0.2, 0.25) is 0 Å². The van der Waals surface area contributed by atoms with Crippen molar-refractivity contribution in [3.8, 4) is 0 Å². The summed E-state index contributed by atoms with van der Waals surface area (Å²) >= 11 is 1.39. The van der Waals surface area contributed by atoms with Gasteiger partial charge in [-0.05, 0) is 51.3 Å². The van der Waals surface area contributed by atoms with Crippen LogP contribution in [0.1, 0.15) is 64.6 Å². The molecule has 1 aliphatic carbocycles. The Bertz CT molecular complexity index is 1250. The molecule has 32 heavy (non-hydrogen) atoms. The predicted molar refractivity (Wildman–Crippen MR) is 121 cm³/mol. The van der Waals surface area contributed by atoms with Gasteiger partial charge in [-0.25, -0.2) is 8.42 Å². The van der Waals surface area contributed by atoms with E-state index in [9.17, 15) is 13.2 Å². The minimum absolute atomic E-state index is 0.00993. The van der Waals surface area contributed by atoms with Crippen LogP contribution in [0.4, 0.5) is 0 Å². The highest BCUT2D eigenvalue weighted by Gasteiger charge is 2.33. The van der Waals surface area contributed by atoms with Crippen LogP contribution in [0.15, 0.2) is 34.0 Å². The number of Topliss-reactive ketones (excluding diaryl/α,β-unsaturated/α-hetero) is 1. The summed E-state index contributed by atoms with van der Waals surface area (Å²) in [5, 5.41) is 9.46. The number of carbonyl (C=O) groups excluding carboxylic acids is 1. The molecule has 10 heteroatoms. The second-order valence-corrected chi connectivity index (χ2v) is 11.9. The number of aromatic nitrogens is 4. The van der Waals surface area contributed by atoms with E-state index in [1.54, 1.807) is 6.26 Å². The van der Waals surface area contributed by atoms with Gasteiger partial charge in [0.15, 0.2) is 20.8 Å². The minimum Gasteiger partial charge on any atom is -0.467 e. The largest absolute Gasteiger partial charge is 0.467 e. The molecular weight excluding hydrogens is 448 g/mol. The van der Waals surface area contributed by atoms with Gasteiger partial charge in [0.05, 0.1) is 30.1 Å². The van der Waals surface area contributed by atoms with Gasteiger partial charge in [0.1, 0.15) is 11.6 Å². The summed E-state index contributed by atoms with van der Waals surface area (Å²) in [6.07, 6.45) is 4.48. The number of sulfone groups is 1. The molecule has 0 bridgehead atoms. The predicted octanol–water partition coefficient (Wildman–Crippen LogP) is 3.55. The Morgan fingerprint density at radius 2 is 2.06 bits per heavy atom. The number of nitrogens with zero attached hydrogens (tertiary/aromatic N) is 4. The molecule has 2 fully saturated rings. The van der Waals surface area contributed by atoms with E-state index in [4.69, 9.17) is 4.42 Å². The summed E-state index contributed by atoms with van der Waals surface area (Å²) in [4.78, 5) is 13.1. The van der Waals surface area contributed by atoms with E-state index in [-0.39, 0.29) is 29.1 Å². The van der Waals surface area contributed by atoms with Crippen molar-refractivity contribution in [2.24, 2.45) is 0 Å². The fraction of sp³-hybridized carbons (Fsp3) is 0.500. The Morgan fingerprint density at radius 3 is 2.72 bits per heavy atom. The fourth-order valence-corrected chi connectivity index (χ4v) is 7.09. The van der Waals surface area contributed by atoms with Crippen molar-refractivity contribution in [1.29, 1.82) is 0 Å². The van der Waals surface area contributed by atoms with E-state index in [1.165, 1.54) is 11.8 Å². The topological polar surface area (TPSA) is 100.0 Å². The number of hydrogen-bond donors (Lipinski definition) is 0. The molecule has 0 amide bonds. The van der Waals surface area contributed by atoms with Crippen molar-refractivity contribution in [2.75, 3.05) is 17.3 Å². The average Bonchev–Trinajstić information content (AvgIpc) is 3.04. The van der Waals surface area contributed by atoms with Crippen LogP contribution in [0, 0.1) is 13.8 Å². The lowest BCUT2D eigenvalue weighted by Gasteiger charge is -2.16. The highest BCUT2D eigenvalue weighted by Crippen LogP contribution is 2.40. The quantitative estimate of drug-likeness (QED) is 0.363. The first-order chi connectivity index (χ1) is 15.3. The molecule has 1 saturated carbocycles. The van der Waals surface area contributed by atoms with Crippen molar-refractivity contribution < 1.29 is 17.6 Å². The number of hydrogen-bond acceptors (Lipinski definition) is 7. The molecule has 1 saturated heterocycles. The number of ketones is 1. The molecule has 170 valence electrons. The molecule has 4 heterocycles. The molecule has 1 atom stereocenters.